The molecule has 0 aromatic heterocycles. The van der Waals surface area contributed by atoms with E-state index in [1.807, 2.05) is 13.0 Å². The van der Waals surface area contributed by atoms with E-state index in [0.717, 1.165) is 6.42 Å². The molecule has 1 N–H and O–H groups in total. The fourth-order valence-electron chi connectivity index (χ4n) is 1.35. The first-order valence-corrected chi connectivity index (χ1v) is 6.21. The normalized spacial score (nSPS) is 9.89. The number of hydrogen-bond acceptors (Lipinski definition) is 4. The minimum absolute atomic E-state index is 0.00448. The molecule has 0 fully saturated rings. The van der Waals surface area contributed by atoms with Crippen LogP contribution in [0, 0.1) is 11.3 Å². The van der Waals surface area contributed by atoms with Crippen LogP contribution in [0.1, 0.15) is 18.9 Å². The van der Waals surface area contributed by atoms with Crippen LogP contribution in [0.3, 0.4) is 0 Å². The Bertz CT molecular complexity index is 423. The minimum Gasteiger partial charge on any atom is -0.379 e. The third-order valence-corrected chi connectivity index (χ3v) is 2.25. The van der Waals surface area contributed by atoms with Crippen LogP contribution in [0.2, 0.25) is 0 Å². The van der Waals surface area contributed by atoms with Crippen molar-refractivity contribution < 1.29 is 14.3 Å². The van der Waals surface area contributed by atoms with E-state index in [-0.39, 0.29) is 12.5 Å². The average Bonchev–Trinajstić information content (AvgIpc) is 2.43. The fraction of sp³-hybridized carbons (Fsp3) is 0.429. The van der Waals surface area contributed by atoms with Crippen molar-refractivity contribution in [1.82, 2.24) is 0 Å². The number of nitrogens with zero attached hydrogens (tertiary/aromatic N) is 1. The van der Waals surface area contributed by atoms with Gasteiger partial charge in [0.05, 0.1) is 24.8 Å². The Morgan fingerprint density at radius 3 is 2.53 bits per heavy atom. The van der Waals surface area contributed by atoms with Crippen LogP contribution in [0.4, 0.5) is 5.69 Å². The lowest BCUT2D eigenvalue weighted by Gasteiger charge is -2.06. The van der Waals surface area contributed by atoms with Crippen molar-refractivity contribution in [3.8, 4) is 6.07 Å². The molecule has 0 bridgehead atoms. The highest BCUT2D eigenvalue weighted by atomic mass is 16.5. The molecule has 19 heavy (non-hydrogen) atoms. The number of nitriles is 1. The van der Waals surface area contributed by atoms with Gasteiger partial charge in [0.1, 0.15) is 6.61 Å². The summed E-state index contributed by atoms with van der Waals surface area (Å²) in [5.74, 6) is -0.222. The number of hydrogen-bond donors (Lipinski definition) is 1. The first-order chi connectivity index (χ1) is 9.26. The second-order valence-corrected chi connectivity index (χ2v) is 3.90. The van der Waals surface area contributed by atoms with Gasteiger partial charge in [-0.3, -0.25) is 4.79 Å². The second kappa shape index (κ2) is 9.09. The Balaban J connectivity index is 2.18. The van der Waals surface area contributed by atoms with Gasteiger partial charge in [0.2, 0.25) is 5.91 Å². The zero-order valence-corrected chi connectivity index (χ0v) is 11.0. The summed E-state index contributed by atoms with van der Waals surface area (Å²) in [5.41, 5.74) is 1.21. The maximum absolute atomic E-state index is 11.5. The van der Waals surface area contributed by atoms with Gasteiger partial charge in [0.15, 0.2) is 0 Å². The minimum atomic E-state index is -0.222. The van der Waals surface area contributed by atoms with Crippen molar-refractivity contribution in [3.63, 3.8) is 0 Å². The molecule has 0 radical (unpaired) electrons. The number of amides is 1. The van der Waals surface area contributed by atoms with Crippen LogP contribution in [0.5, 0.6) is 0 Å². The summed E-state index contributed by atoms with van der Waals surface area (Å²) in [6.45, 7) is 3.64. The van der Waals surface area contributed by atoms with Crippen LogP contribution in [0.25, 0.3) is 0 Å². The Hall–Kier alpha value is -1.90. The smallest absolute Gasteiger partial charge is 0.250 e. The summed E-state index contributed by atoms with van der Waals surface area (Å²) in [6.07, 6.45) is 0.971. The topological polar surface area (TPSA) is 71.3 Å². The van der Waals surface area contributed by atoms with Gasteiger partial charge in [-0.25, -0.2) is 0 Å². The van der Waals surface area contributed by atoms with Gasteiger partial charge in [-0.05, 0) is 30.7 Å². The van der Waals surface area contributed by atoms with Crippen molar-refractivity contribution in [1.29, 1.82) is 5.26 Å². The molecule has 0 unspecified atom stereocenters. The second-order valence-electron chi connectivity index (χ2n) is 3.90. The summed E-state index contributed by atoms with van der Waals surface area (Å²) in [6, 6.07) is 8.67. The lowest BCUT2D eigenvalue weighted by Crippen LogP contribution is -2.19. The van der Waals surface area contributed by atoms with Gasteiger partial charge < -0.3 is 14.8 Å². The van der Waals surface area contributed by atoms with Gasteiger partial charge in [-0.2, -0.15) is 5.26 Å². The first-order valence-electron chi connectivity index (χ1n) is 6.21. The largest absolute Gasteiger partial charge is 0.379 e. The van der Waals surface area contributed by atoms with Gasteiger partial charge in [0, 0.05) is 12.3 Å². The molecular formula is C14H18N2O3. The van der Waals surface area contributed by atoms with E-state index in [9.17, 15) is 4.79 Å². The van der Waals surface area contributed by atoms with E-state index in [0.29, 0.717) is 31.1 Å². The molecule has 0 saturated heterocycles. The Morgan fingerprint density at radius 1 is 1.21 bits per heavy atom. The monoisotopic (exact) mass is 262 g/mol. The lowest BCUT2D eigenvalue weighted by molar-refractivity contribution is -0.121. The Kier molecular flexibility index (Phi) is 7.25. The van der Waals surface area contributed by atoms with Crippen LogP contribution in [-0.2, 0) is 14.3 Å². The van der Waals surface area contributed by atoms with Crippen molar-refractivity contribution in [2.45, 2.75) is 13.3 Å². The Labute approximate surface area is 113 Å². The number of carbonyl (C=O) groups is 1. The third-order valence-electron chi connectivity index (χ3n) is 2.25. The van der Waals surface area contributed by atoms with Gasteiger partial charge in [-0.15, -0.1) is 0 Å². The lowest BCUT2D eigenvalue weighted by atomic mass is 10.2. The quantitative estimate of drug-likeness (QED) is 0.727. The molecule has 1 aromatic carbocycles. The van der Waals surface area contributed by atoms with E-state index in [2.05, 4.69) is 5.32 Å². The number of anilines is 1. The van der Waals surface area contributed by atoms with Crippen LogP contribution in [-0.4, -0.2) is 32.3 Å². The highest BCUT2D eigenvalue weighted by molar-refractivity contribution is 5.91. The summed E-state index contributed by atoms with van der Waals surface area (Å²) < 4.78 is 10.4. The third kappa shape index (κ3) is 6.55. The summed E-state index contributed by atoms with van der Waals surface area (Å²) in [5, 5.41) is 11.3. The number of nitrogens with one attached hydrogen (secondary N) is 1. The molecule has 5 heteroatoms. The maximum atomic E-state index is 11.5. The molecule has 5 nitrogen and oxygen atoms in total. The molecule has 0 aliphatic rings. The van der Waals surface area contributed by atoms with E-state index in [1.54, 1.807) is 24.3 Å². The van der Waals surface area contributed by atoms with Gasteiger partial charge in [-0.1, -0.05) is 6.92 Å². The summed E-state index contributed by atoms with van der Waals surface area (Å²) in [7, 11) is 0. The van der Waals surface area contributed by atoms with Crippen molar-refractivity contribution in [2.75, 3.05) is 31.7 Å². The molecular weight excluding hydrogens is 244 g/mol. The van der Waals surface area contributed by atoms with E-state index in [4.69, 9.17) is 14.7 Å². The number of ether oxygens (including phenoxy) is 2. The maximum Gasteiger partial charge on any atom is 0.250 e. The first kappa shape index (κ1) is 15.2. The molecule has 0 atom stereocenters. The molecule has 0 saturated carbocycles. The highest BCUT2D eigenvalue weighted by Crippen LogP contribution is 2.08. The van der Waals surface area contributed by atoms with Crippen LogP contribution < -0.4 is 5.32 Å². The van der Waals surface area contributed by atoms with Crippen LogP contribution >= 0.6 is 0 Å². The summed E-state index contributed by atoms with van der Waals surface area (Å²) in [4.78, 5) is 11.5. The molecule has 0 heterocycles. The molecule has 1 rings (SSSR count). The van der Waals surface area contributed by atoms with Crippen LogP contribution in [0.15, 0.2) is 24.3 Å². The molecule has 1 aromatic rings. The number of carbonyl (C=O) groups excluding carboxylic acids is 1. The Morgan fingerprint density at radius 2 is 1.89 bits per heavy atom. The van der Waals surface area contributed by atoms with Gasteiger partial charge in [0.25, 0.3) is 0 Å². The zero-order chi connectivity index (χ0) is 13.9. The summed E-state index contributed by atoms with van der Waals surface area (Å²) >= 11 is 0. The average molecular weight is 262 g/mol. The molecule has 0 aliphatic carbocycles. The predicted octanol–water partition coefficient (Wildman–Crippen LogP) is 1.94. The van der Waals surface area contributed by atoms with Crippen molar-refractivity contribution >= 4 is 11.6 Å². The molecule has 102 valence electrons. The van der Waals surface area contributed by atoms with E-state index in [1.165, 1.54) is 0 Å². The molecule has 1 amide bonds. The number of benzene rings is 1. The zero-order valence-electron chi connectivity index (χ0n) is 11.0. The fourth-order valence-corrected chi connectivity index (χ4v) is 1.35. The standard InChI is InChI=1S/C14H18N2O3/c1-2-7-18-8-9-19-11-14(17)16-13-5-3-12(10-15)4-6-13/h3-6H,2,7-9,11H2,1H3,(H,16,17). The highest BCUT2D eigenvalue weighted by Gasteiger charge is 2.02. The molecule has 0 aliphatic heterocycles. The SMILES string of the molecule is CCCOCCOCC(=O)Nc1ccc(C#N)cc1. The van der Waals surface area contributed by atoms with E-state index < -0.39 is 0 Å². The molecule has 0 spiro atoms. The van der Waals surface area contributed by atoms with Crippen molar-refractivity contribution in [2.24, 2.45) is 0 Å². The van der Waals surface area contributed by atoms with Crippen molar-refractivity contribution in [3.05, 3.63) is 29.8 Å². The predicted molar refractivity (Wildman–Crippen MR) is 71.7 cm³/mol. The number of rotatable bonds is 8. The van der Waals surface area contributed by atoms with E-state index >= 15 is 0 Å². The van der Waals surface area contributed by atoms with Gasteiger partial charge >= 0.3 is 0 Å².